The lowest BCUT2D eigenvalue weighted by Crippen LogP contribution is -2.28. The van der Waals surface area contributed by atoms with Gasteiger partial charge in [0.1, 0.15) is 5.41 Å². The molecule has 1 aromatic rings. The average molecular weight is 208 g/mol. The number of rotatable bonds is 2. The minimum Gasteiger partial charge on any atom is -0.481 e. The lowest BCUT2D eigenvalue weighted by Gasteiger charge is -2.15. The van der Waals surface area contributed by atoms with E-state index in [0.717, 1.165) is 11.4 Å². The number of hydrogen-bond donors (Lipinski definition) is 1. The molecular weight excluding hydrogens is 192 g/mol. The zero-order valence-corrected chi connectivity index (χ0v) is 9.53. The van der Waals surface area contributed by atoms with Gasteiger partial charge in [0, 0.05) is 7.05 Å². The summed E-state index contributed by atoms with van der Waals surface area (Å²) in [4.78, 5) is 11.4. The van der Waals surface area contributed by atoms with Gasteiger partial charge < -0.3 is 5.11 Å². The number of carboxylic acids is 1. The molecule has 15 heavy (non-hydrogen) atoms. The van der Waals surface area contributed by atoms with Crippen molar-refractivity contribution in [3.63, 3.8) is 0 Å². The van der Waals surface area contributed by atoms with Crippen molar-refractivity contribution in [2.24, 2.45) is 12.5 Å². The Balaban J connectivity index is 2.54. The first-order valence-corrected chi connectivity index (χ1v) is 5.06. The van der Waals surface area contributed by atoms with Crippen LogP contribution in [0.15, 0.2) is 6.07 Å². The van der Waals surface area contributed by atoms with E-state index in [1.807, 2.05) is 26.8 Å². The molecule has 0 saturated heterocycles. The van der Waals surface area contributed by atoms with Crippen LogP contribution < -0.4 is 0 Å². The van der Waals surface area contributed by atoms with Crippen LogP contribution >= 0.6 is 0 Å². The van der Waals surface area contributed by atoms with Crippen molar-refractivity contribution in [2.75, 3.05) is 0 Å². The van der Waals surface area contributed by atoms with Crippen LogP contribution in [0.5, 0.6) is 0 Å². The third-order valence-electron chi connectivity index (χ3n) is 3.54. The minimum absolute atomic E-state index is 0.168. The number of aliphatic carboxylic acids is 1. The average Bonchev–Trinajstić information content (AvgIpc) is 2.50. The molecule has 0 aromatic carbocycles. The van der Waals surface area contributed by atoms with Gasteiger partial charge in [0.05, 0.1) is 11.4 Å². The fourth-order valence-electron chi connectivity index (χ4n) is 2.54. The van der Waals surface area contributed by atoms with Crippen molar-refractivity contribution in [2.45, 2.75) is 32.6 Å². The normalized spacial score (nSPS) is 27.7. The number of nitrogens with zero attached hydrogens (tertiary/aromatic N) is 2. The fourth-order valence-corrected chi connectivity index (χ4v) is 2.54. The molecule has 0 aliphatic heterocycles. The SMILES string of the molecule is Cc1cc(C2(C(=O)O)CC2(C)C)n(C)n1. The first-order chi connectivity index (χ1) is 6.81. The monoisotopic (exact) mass is 208 g/mol. The number of carbonyl (C=O) groups is 1. The van der Waals surface area contributed by atoms with Gasteiger partial charge in [-0.15, -0.1) is 0 Å². The smallest absolute Gasteiger partial charge is 0.316 e. The van der Waals surface area contributed by atoms with Gasteiger partial charge in [-0.1, -0.05) is 13.8 Å². The number of hydrogen-bond acceptors (Lipinski definition) is 2. The fraction of sp³-hybridized carbons (Fsp3) is 0.636. The van der Waals surface area contributed by atoms with Gasteiger partial charge in [-0.3, -0.25) is 9.48 Å². The van der Waals surface area contributed by atoms with Gasteiger partial charge in [-0.05, 0) is 24.8 Å². The van der Waals surface area contributed by atoms with Crippen molar-refractivity contribution < 1.29 is 9.90 Å². The second kappa shape index (κ2) is 2.62. The molecule has 1 heterocycles. The van der Waals surface area contributed by atoms with E-state index in [-0.39, 0.29) is 5.41 Å². The Bertz CT molecular complexity index is 434. The molecule has 2 rings (SSSR count). The van der Waals surface area contributed by atoms with E-state index in [1.54, 1.807) is 11.7 Å². The summed E-state index contributed by atoms with van der Waals surface area (Å²) in [5.74, 6) is -0.740. The Labute approximate surface area is 88.9 Å². The molecule has 0 spiro atoms. The van der Waals surface area contributed by atoms with Crippen molar-refractivity contribution >= 4 is 5.97 Å². The highest BCUT2D eigenvalue weighted by atomic mass is 16.4. The Morgan fingerprint density at radius 2 is 2.13 bits per heavy atom. The predicted molar refractivity (Wildman–Crippen MR) is 55.7 cm³/mol. The van der Waals surface area contributed by atoms with E-state index in [0.29, 0.717) is 6.42 Å². The van der Waals surface area contributed by atoms with E-state index in [2.05, 4.69) is 5.10 Å². The molecule has 1 fully saturated rings. The molecule has 1 atom stereocenters. The van der Waals surface area contributed by atoms with Gasteiger partial charge >= 0.3 is 5.97 Å². The maximum Gasteiger partial charge on any atom is 0.316 e. The van der Waals surface area contributed by atoms with Crippen molar-refractivity contribution in [3.8, 4) is 0 Å². The van der Waals surface area contributed by atoms with E-state index >= 15 is 0 Å². The quantitative estimate of drug-likeness (QED) is 0.801. The molecule has 1 aliphatic carbocycles. The molecule has 1 aromatic heterocycles. The predicted octanol–water partition coefficient (Wildman–Crippen LogP) is 1.48. The standard InChI is InChI=1S/C11H16N2O2/c1-7-5-8(13(4)12-7)11(9(14)15)6-10(11,2)3/h5H,6H2,1-4H3,(H,14,15). The van der Waals surface area contributed by atoms with Crippen molar-refractivity contribution in [1.82, 2.24) is 9.78 Å². The summed E-state index contributed by atoms with van der Waals surface area (Å²) in [7, 11) is 1.81. The van der Waals surface area contributed by atoms with Crippen molar-refractivity contribution in [1.29, 1.82) is 0 Å². The topological polar surface area (TPSA) is 55.1 Å². The first kappa shape index (κ1) is 10.2. The van der Waals surface area contributed by atoms with E-state index in [4.69, 9.17) is 0 Å². The molecule has 0 amide bonds. The molecule has 0 radical (unpaired) electrons. The molecular formula is C11H16N2O2. The molecule has 1 saturated carbocycles. The van der Waals surface area contributed by atoms with Crippen LogP contribution in [0.4, 0.5) is 0 Å². The zero-order chi connectivity index (χ0) is 11.4. The van der Waals surface area contributed by atoms with Gasteiger partial charge in [0.15, 0.2) is 0 Å². The Morgan fingerprint density at radius 1 is 1.60 bits per heavy atom. The number of aryl methyl sites for hydroxylation is 2. The maximum absolute atomic E-state index is 11.4. The zero-order valence-electron chi connectivity index (χ0n) is 9.53. The van der Waals surface area contributed by atoms with E-state index in [1.165, 1.54) is 0 Å². The second-order valence-corrected chi connectivity index (χ2v) is 5.07. The molecule has 1 unspecified atom stereocenters. The molecule has 82 valence electrons. The lowest BCUT2D eigenvalue weighted by atomic mass is 9.92. The highest BCUT2D eigenvalue weighted by Gasteiger charge is 2.69. The van der Waals surface area contributed by atoms with Crippen LogP contribution in [0.3, 0.4) is 0 Å². The number of aromatic nitrogens is 2. The molecule has 4 heteroatoms. The molecule has 1 N–H and O–H groups in total. The number of carboxylic acid groups (broad SMARTS) is 1. The Kier molecular flexibility index (Phi) is 1.78. The molecule has 1 aliphatic rings. The molecule has 0 bridgehead atoms. The lowest BCUT2D eigenvalue weighted by molar-refractivity contribution is -0.141. The third-order valence-corrected chi connectivity index (χ3v) is 3.54. The summed E-state index contributed by atoms with van der Waals surface area (Å²) in [6, 6.07) is 1.88. The van der Waals surface area contributed by atoms with Crippen molar-refractivity contribution in [3.05, 3.63) is 17.5 Å². The second-order valence-electron chi connectivity index (χ2n) is 5.07. The van der Waals surface area contributed by atoms with Crippen LogP contribution in [-0.4, -0.2) is 20.9 Å². The first-order valence-electron chi connectivity index (χ1n) is 5.06. The summed E-state index contributed by atoms with van der Waals surface area (Å²) < 4.78 is 1.69. The highest BCUT2D eigenvalue weighted by molar-refractivity contribution is 5.86. The van der Waals surface area contributed by atoms with E-state index in [9.17, 15) is 9.90 Å². The summed E-state index contributed by atoms with van der Waals surface area (Å²) in [6.07, 6.45) is 0.689. The Hall–Kier alpha value is -1.32. The largest absolute Gasteiger partial charge is 0.481 e. The summed E-state index contributed by atoms with van der Waals surface area (Å²) >= 11 is 0. The Morgan fingerprint density at radius 3 is 2.40 bits per heavy atom. The van der Waals surface area contributed by atoms with Crippen LogP contribution in [0.25, 0.3) is 0 Å². The maximum atomic E-state index is 11.4. The summed E-state index contributed by atoms with van der Waals surface area (Å²) in [5, 5.41) is 13.6. The molecule has 4 nitrogen and oxygen atoms in total. The van der Waals surface area contributed by atoms with Gasteiger partial charge in [0.25, 0.3) is 0 Å². The third kappa shape index (κ3) is 1.14. The van der Waals surface area contributed by atoms with Crippen LogP contribution in [-0.2, 0) is 17.3 Å². The van der Waals surface area contributed by atoms with Gasteiger partial charge in [-0.25, -0.2) is 0 Å². The summed E-state index contributed by atoms with van der Waals surface area (Å²) in [6.45, 7) is 5.86. The van der Waals surface area contributed by atoms with Crippen LogP contribution in [0.2, 0.25) is 0 Å². The van der Waals surface area contributed by atoms with Crippen LogP contribution in [0, 0.1) is 12.3 Å². The van der Waals surface area contributed by atoms with Crippen LogP contribution in [0.1, 0.15) is 31.7 Å². The van der Waals surface area contributed by atoms with Gasteiger partial charge in [-0.2, -0.15) is 5.10 Å². The summed E-state index contributed by atoms with van der Waals surface area (Å²) in [5.41, 5.74) is 0.788. The van der Waals surface area contributed by atoms with E-state index < -0.39 is 11.4 Å². The van der Waals surface area contributed by atoms with Gasteiger partial charge in [0.2, 0.25) is 0 Å². The minimum atomic E-state index is -0.740. The highest BCUT2D eigenvalue weighted by Crippen LogP contribution is 2.64.